The first-order valence-corrected chi connectivity index (χ1v) is 8.57. The summed E-state index contributed by atoms with van der Waals surface area (Å²) >= 11 is 0. The average molecular weight is 333 g/mol. The predicted octanol–water partition coefficient (Wildman–Crippen LogP) is 1.74. The molecule has 0 radical (unpaired) electrons. The van der Waals surface area contributed by atoms with E-state index < -0.39 is 0 Å². The lowest BCUT2D eigenvalue weighted by Crippen LogP contribution is -2.41. The first-order valence-electron chi connectivity index (χ1n) is 8.57. The molecule has 0 aromatic heterocycles. The van der Waals surface area contributed by atoms with Gasteiger partial charge in [0.1, 0.15) is 0 Å². The molecule has 7 nitrogen and oxygen atoms in total. The van der Waals surface area contributed by atoms with Gasteiger partial charge in [0.25, 0.3) is 0 Å². The highest BCUT2D eigenvalue weighted by Crippen LogP contribution is 2.34. The van der Waals surface area contributed by atoms with Gasteiger partial charge in [-0.2, -0.15) is 0 Å². The molecule has 0 bridgehead atoms. The number of urea groups is 1. The highest BCUT2D eigenvalue weighted by molar-refractivity contribution is 5.89. The first kappa shape index (κ1) is 15.5. The molecule has 1 unspecified atom stereocenters. The molecule has 0 spiro atoms. The molecule has 3 aliphatic rings. The van der Waals surface area contributed by atoms with Gasteiger partial charge in [-0.3, -0.25) is 4.90 Å². The highest BCUT2D eigenvalue weighted by atomic mass is 16.7. The molecule has 1 aromatic rings. The quantitative estimate of drug-likeness (QED) is 0.893. The van der Waals surface area contributed by atoms with Gasteiger partial charge in [-0.05, 0) is 25.0 Å². The molecule has 2 amide bonds. The topological polar surface area (TPSA) is 63.3 Å². The zero-order chi connectivity index (χ0) is 16.4. The van der Waals surface area contributed by atoms with E-state index in [2.05, 4.69) is 10.2 Å². The Morgan fingerprint density at radius 2 is 2.04 bits per heavy atom. The van der Waals surface area contributed by atoms with Crippen LogP contribution in [0.1, 0.15) is 12.8 Å². The minimum Gasteiger partial charge on any atom is -0.454 e. The molecule has 2 fully saturated rings. The smallest absolute Gasteiger partial charge is 0.321 e. The van der Waals surface area contributed by atoms with Gasteiger partial charge in [-0.15, -0.1) is 0 Å². The van der Waals surface area contributed by atoms with Crippen LogP contribution in [0.3, 0.4) is 0 Å². The van der Waals surface area contributed by atoms with Gasteiger partial charge in [0.05, 0.1) is 6.61 Å². The fourth-order valence-corrected chi connectivity index (χ4v) is 3.49. The molecule has 2 saturated heterocycles. The Morgan fingerprint density at radius 3 is 2.92 bits per heavy atom. The monoisotopic (exact) mass is 333 g/mol. The Morgan fingerprint density at radius 1 is 1.12 bits per heavy atom. The van der Waals surface area contributed by atoms with Crippen molar-refractivity contribution < 1.29 is 19.0 Å². The number of hydrogen-bond acceptors (Lipinski definition) is 5. The van der Waals surface area contributed by atoms with Crippen molar-refractivity contribution in [1.82, 2.24) is 9.80 Å². The van der Waals surface area contributed by atoms with E-state index >= 15 is 0 Å². The number of nitrogens with zero attached hydrogens (tertiary/aromatic N) is 2. The first-order chi connectivity index (χ1) is 11.8. The average Bonchev–Trinajstić information content (AvgIpc) is 3.22. The Kier molecular flexibility index (Phi) is 4.44. The van der Waals surface area contributed by atoms with Crippen molar-refractivity contribution in [3.63, 3.8) is 0 Å². The van der Waals surface area contributed by atoms with Crippen molar-refractivity contribution in [3.05, 3.63) is 18.2 Å². The molecule has 3 aliphatic heterocycles. The zero-order valence-corrected chi connectivity index (χ0v) is 13.7. The lowest BCUT2D eigenvalue weighted by atomic mass is 10.2. The van der Waals surface area contributed by atoms with Gasteiger partial charge < -0.3 is 24.4 Å². The van der Waals surface area contributed by atoms with Crippen LogP contribution in [0.2, 0.25) is 0 Å². The van der Waals surface area contributed by atoms with Crippen molar-refractivity contribution in [2.75, 3.05) is 51.5 Å². The van der Waals surface area contributed by atoms with Crippen LogP contribution >= 0.6 is 0 Å². The maximum Gasteiger partial charge on any atom is 0.321 e. The van der Waals surface area contributed by atoms with Gasteiger partial charge in [-0.1, -0.05) is 0 Å². The Balaban J connectivity index is 1.34. The van der Waals surface area contributed by atoms with Crippen LogP contribution in [0.4, 0.5) is 10.5 Å². The largest absolute Gasteiger partial charge is 0.454 e. The maximum absolute atomic E-state index is 12.5. The lowest BCUT2D eigenvalue weighted by Gasteiger charge is -2.26. The van der Waals surface area contributed by atoms with E-state index in [1.165, 1.54) is 0 Å². The minimum atomic E-state index is -0.0570. The maximum atomic E-state index is 12.5. The van der Waals surface area contributed by atoms with Gasteiger partial charge in [-0.25, -0.2) is 4.79 Å². The molecule has 0 saturated carbocycles. The normalized spacial score (nSPS) is 24.0. The molecule has 24 heavy (non-hydrogen) atoms. The predicted molar refractivity (Wildman–Crippen MR) is 88.6 cm³/mol. The highest BCUT2D eigenvalue weighted by Gasteiger charge is 2.26. The SMILES string of the molecule is O=C(Nc1ccc2c(c1)OCO2)N1CCCN(C2CCOC2)CC1. The summed E-state index contributed by atoms with van der Waals surface area (Å²) in [5.41, 5.74) is 0.731. The van der Waals surface area contributed by atoms with E-state index in [0.717, 1.165) is 63.7 Å². The molecule has 0 aliphatic carbocycles. The number of carbonyl (C=O) groups is 1. The molecule has 130 valence electrons. The van der Waals surface area contributed by atoms with E-state index in [0.29, 0.717) is 11.8 Å². The third-order valence-corrected chi connectivity index (χ3v) is 4.86. The Bertz CT molecular complexity index is 603. The Hall–Kier alpha value is -1.99. The van der Waals surface area contributed by atoms with Crippen LogP contribution in [0, 0.1) is 0 Å². The molecule has 7 heteroatoms. The number of nitrogens with one attached hydrogen (secondary N) is 1. The molecular formula is C17H23N3O4. The number of hydrogen-bond donors (Lipinski definition) is 1. The summed E-state index contributed by atoms with van der Waals surface area (Å²) in [6.07, 6.45) is 2.09. The van der Waals surface area contributed by atoms with E-state index in [1.807, 2.05) is 17.0 Å². The number of benzene rings is 1. The number of fused-ring (bicyclic) bond motifs is 1. The second kappa shape index (κ2) is 6.86. The molecular weight excluding hydrogens is 310 g/mol. The van der Waals surface area contributed by atoms with Gasteiger partial charge in [0.2, 0.25) is 6.79 Å². The van der Waals surface area contributed by atoms with Gasteiger partial charge in [0.15, 0.2) is 11.5 Å². The van der Waals surface area contributed by atoms with Crippen LogP contribution in [0.5, 0.6) is 11.5 Å². The van der Waals surface area contributed by atoms with Crippen LogP contribution in [0.25, 0.3) is 0 Å². The number of anilines is 1. The van der Waals surface area contributed by atoms with Crippen LogP contribution in [-0.4, -0.2) is 68.1 Å². The second-order valence-electron chi connectivity index (χ2n) is 6.39. The van der Waals surface area contributed by atoms with E-state index in [9.17, 15) is 4.79 Å². The molecule has 1 atom stereocenters. The molecule has 1 N–H and O–H groups in total. The van der Waals surface area contributed by atoms with E-state index in [4.69, 9.17) is 14.2 Å². The zero-order valence-electron chi connectivity index (χ0n) is 13.7. The van der Waals surface area contributed by atoms with Crippen LogP contribution in [0.15, 0.2) is 18.2 Å². The molecule has 1 aromatic carbocycles. The van der Waals surface area contributed by atoms with Crippen molar-refractivity contribution in [2.45, 2.75) is 18.9 Å². The van der Waals surface area contributed by atoms with Crippen molar-refractivity contribution in [2.24, 2.45) is 0 Å². The third kappa shape index (κ3) is 3.27. The Labute approximate surface area is 141 Å². The van der Waals surface area contributed by atoms with Gasteiger partial charge in [0, 0.05) is 50.6 Å². The van der Waals surface area contributed by atoms with E-state index in [1.54, 1.807) is 6.07 Å². The number of amides is 2. The molecule has 4 rings (SSSR count). The summed E-state index contributed by atoms with van der Waals surface area (Å²) in [5, 5.41) is 2.96. The summed E-state index contributed by atoms with van der Waals surface area (Å²) in [7, 11) is 0. The minimum absolute atomic E-state index is 0.0570. The lowest BCUT2D eigenvalue weighted by molar-refractivity contribution is 0.146. The van der Waals surface area contributed by atoms with Gasteiger partial charge >= 0.3 is 6.03 Å². The third-order valence-electron chi connectivity index (χ3n) is 4.86. The summed E-state index contributed by atoms with van der Waals surface area (Å²) < 4.78 is 16.1. The summed E-state index contributed by atoms with van der Waals surface area (Å²) in [5.74, 6) is 1.40. The van der Waals surface area contributed by atoms with Crippen LogP contribution < -0.4 is 14.8 Å². The van der Waals surface area contributed by atoms with Crippen molar-refractivity contribution in [3.8, 4) is 11.5 Å². The number of carbonyl (C=O) groups excluding carboxylic acids is 1. The number of rotatable bonds is 2. The summed E-state index contributed by atoms with van der Waals surface area (Å²) in [6.45, 7) is 5.37. The second-order valence-corrected chi connectivity index (χ2v) is 6.39. The standard InChI is InChI=1S/C17H23N3O4/c21-17(18-13-2-3-15-16(10-13)24-12-23-15)20-6-1-5-19(7-8-20)14-4-9-22-11-14/h2-3,10,14H,1,4-9,11-12H2,(H,18,21). The van der Waals surface area contributed by atoms with E-state index in [-0.39, 0.29) is 12.8 Å². The van der Waals surface area contributed by atoms with Crippen molar-refractivity contribution >= 4 is 11.7 Å². The number of ether oxygens (including phenoxy) is 3. The summed E-state index contributed by atoms with van der Waals surface area (Å²) in [4.78, 5) is 16.9. The van der Waals surface area contributed by atoms with Crippen molar-refractivity contribution in [1.29, 1.82) is 0 Å². The summed E-state index contributed by atoms with van der Waals surface area (Å²) in [6, 6.07) is 5.92. The fraction of sp³-hybridized carbons (Fsp3) is 0.588. The fourth-order valence-electron chi connectivity index (χ4n) is 3.49. The molecule has 3 heterocycles. The van der Waals surface area contributed by atoms with Crippen LogP contribution in [-0.2, 0) is 4.74 Å².